The third-order valence-corrected chi connectivity index (χ3v) is 5.80. The number of carboxylic acid groups (broad SMARTS) is 1. The molecule has 0 saturated carbocycles. The third kappa shape index (κ3) is 5.72. The lowest BCUT2D eigenvalue weighted by Crippen LogP contribution is -2.28. The number of nitrogens with zero attached hydrogens (tertiary/aromatic N) is 1. The summed E-state index contributed by atoms with van der Waals surface area (Å²) in [6.45, 7) is 7.59. The second-order valence-electron chi connectivity index (χ2n) is 8.62. The number of hydrogen-bond donors (Lipinski definition) is 2. The summed E-state index contributed by atoms with van der Waals surface area (Å²) in [5, 5.41) is 12.2. The molecular formula is C27H33N2O2+. The molecule has 0 aliphatic carbocycles. The number of allylic oxidation sites excluding steroid dienone is 3. The van der Waals surface area contributed by atoms with Gasteiger partial charge in [0.15, 0.2) is 5.71 Å². The van der Waals surface area contributed by atoms with Gasteiger partial charge in [-0.1, -0.05) is 35.9 Å². The summed E-state index contributed by atoms with van der Waals surface area (Å²) in [5.74, 6) is -0.714. The minimum Gasteiger partial charge on any atom is -0.481 e. The van der Waals surface area contributed by atoms with Crippen LogP contribution in [-0.2, 0) is 10.2 Å². The number of anilines is 1. The van der Waals surface area contributed by atoms with E-state index in [0.29, 0.717) is 0 Å². The lowest BCUT2D eigenvalue weighted by Gasteiger charge is -2.15. The zero-order valence-electron chi connectivity index (χ0n) is 18.8. The summed E-state index contributed by atoms with van der Waals surface area (Å²) in [7, 11) is 0. The van der Waals surface area contributed by atoms with Gasteiger partial charge in [-0.05, 0) is 57.9 Å². The van der Waals surface area contributed by atoms with Gasteiger partial charge in [0.2, 0.25) is 5.69 Å². The molecule has 0 amide bonds. The number of fused-ring (bicyclic) bond motifs is 1. The second kappa shape index (κ2) is 10.3. The Hall–Kier alpha value is -3.14. The standard InChI is InChI=1S/C27H32N2O2/c1-21-16-17-24-23(20-21)27(2,3)25(29(24)19-11-5-8-15-26(30)31)14-9-10-18-28-22-12-6-4-7-13-22/h4,6-7,9-10,12-14,16-18,20H,5,8,11,15,19H2,1-3H3,(H,30,31)/p+1. The van der Waals surface area contributed by atoms with Gasteiger partial charge in [-0.2, -0.15) is 4.58 Å². The van der Waals surface area contributed by atoms with Crippen LogP contribution < -0.4 is 5.32 Å². The van der Waals surface area contributed by atoms with Gasteiger partial charge in [-0.25, -0.2) is 0 Å². The number of nitrogens with one attached hydrogen (secondary N) is 1. The van der Waals surface area contributed by atoms with Crippen LogP contribution in [0.5, 0.6) is 0 Å². The topological polar surface area (TPSA) is 52.3 Å². The zero-order chi connectivity index (χ0) is 22.3. The van der Waals surface area contributed by atoms with Gasteiger partial charge in [0.05, 0.1) is 5.41 Å². The Morgan fingerprint density at radius 3 is 2.58 bits per heavy atom. The van der Waals surface area contributed by atoms with Crippen molar-refractivity contribution in [2.75, 3.05) is 11.9 Å². The van der Waals surface area contributed by atoms with Crippen LogP contribution in [0.2, 0.25) is 0 Å². The molecule has 3 rings (SSSR count). The smallest absolute Gasteiger partial charge is 0.303 e. The Kier molecular flexibility index (Phi) is 7.45. The van der Waals surface area contributed by atoms with E-state index >= 15 is 0 Å². The minimum atomic E-state index is -0.714. The first kappa shape index (κ1) is 22.5. The van der Waals surface area contributed by atoms with Gasteiger partial charge in [-0.15, -0.1) is 0 Å². The normalized spacial score (nSPS) is 15.1. The van der Waals surface area contributed by atoms with E-state index in [0.717, 1.165) is 31.5 Å². The summed E-state index contributed by atoms with van der Waals surface area (Å²) in [5.41, 5.74) is 6.14. The lowest BCUT2D eigenvalue weighted by molar-refractivity contribution is -0.438. The molecule has 1 aliphatic heterocycles. The van der Waals surface area contributed by atoms with Crippen LogP contribution in [0, 0.1) is 6.92 Å². The summed E-state index contributed by atoms with van der Waals surface area (Å²) >= 11 is 0. The maximum Gasteiger partial charge on any atom is 0.303 e. The van der Waals surface area contributed by atoms with Gasteiger partial charge in [0.25, 0.3) is 0 Å². The maximum atomic E-state index is 10.8. The van der Waals surface area contributed by atoms with E-state index in [1.807, 2.05) is 42.6 Å². The molecule has 0 saturated heterocycles. The minimum absolute atomic E-state index is 0.0837. The summed E-state index contributed by atoms with van der Waals surface area (Å²) in [6, 6.07) is 16.8. The maximum absolute atomic E-state index is 10.8. The third-order valence-electron chi connectivity index (χ3n) is 5.80. The van der Waals surface area contributed by atoms with E-state index in [2.05, 4.69) is 61.0 Å². The fourth-order valence-electron chi connectivity index (χ4n) is 4.13. The van der Waals surface area contributed by atoms with Gasteiger partial charge < -0.3 is 10.4 Å². The van der Waals surface area contributed by atoms with Gasteiger partial charge in [0.1, 0.15) is 6.54 Å². The van der Waals surface area contributed by atoms with E-state index < -0.39 is 5.97 Å². The average Bonchev–Trinajstić information content (AvgIpc) is 2.94. The Bertz CT molecular complexity index is 1000. The largest absolute Gasteiger partial charge is 0.481 e. The molecule has 0 bridgehead atoms. The fourth-order valence-corrected chi connectivity index (χ4v) is 4.13. The number of para-hydroxylation sites is 1. The Morgan fingerprint density at radius 2 is 1.84 bits per heavy atom. The monoisotopic (exact) mass is 417 g/mol. The number of aliphatic carboxylic acids is 1. The van der Waals surface area contributed by atoms with Crippen LogP contribution in [0.25, 0.3) is 0 Å². The molecule has 0 radical (unpaired) electrons. The average molecular weight is 418 g/mol. The van der Waals surface area contributed by atoms with Crippen molar-refractivity contribution in [1.82, 2.24) is 0 Å². The second-order valence-corrected chi connectivity index (χ2v) is 8.62. The molecule has 162 valence electrons. The molecule has 0 atom stereocenters. The number of carbonyl (C=O) groups is 1. The number of unbranched alkanes of at least 4 members (excludes halogenated alkanes) is 2. The van der Waals surface area contributed by atoms with Gasteiger partial charge in [0, 0.05) is 42.4 Å². The predicted octanol–water partition coefficient (Wildman–Crippen LogP) is 6.20. The first-order chi connectivity index (χ1) is 14.9. The van der Waals surface area contributed by atoms with Crippen LogP contribution in [0.1, 0.15) is 50.7 Å². The molecule has 2 aromatic rings. The molecule has 0 unspecified atom stereocenters. The zero-order valence-corrected chi connectivity index (χ0v) is 18.8. The molecule has 2 aromatic carbocycles. The van der Waals surface area contributed by atoms with Crippen LogP contribution in [0.15, 0.2) is 73.0 Å². The highest BCUT2D eigenvalue weighted by Gasteiger charge is 2.43. The molecule has 1 aliphatic rings. The highest BCUT2D eigenvalue weighted by atomic mass is 16.4. The van der Waals surface area contributed by atoms with Crippen LogP contribution in [0.3, 0.4) is 0 Å². The first-order valence-electron chi connectivity index (χ1n) is 11.0. The van der Waals surface area contributed by atoms with E-state index in [-0.39, 0.29) is 11.8 Å². The van der Waals surface area contributed by atoms with Crippen molar-refractivity contribution < 1.29 is 14.5 Å². The number of carboxylic acids is 1. The van der Waals surface area contributed by atoms with Crippen molar-refractivity contribution in [2.24, 2.45) is 0 Å². The Balaban J connectivity index is 1.77. The quantitative estimate of drug-likeness (QED) is 0.275. The molecule has 1 heterocycles. The first-order valence-corrected chi connectivity index (χ1v) is 11.0. The predicted molar refractivity (Wildman–Crippen MR) is 128 cm³/mol. The van der Waals surface area contributed by atoms with E-state index in [1.54, 1.807) is 0 Å². The molecular weight excluding hydrogens is 384 g/mol. The number of hydrogen-bond acceptors (Lipinski definition) is 2. The molecule has 4 nitrogen and oxygen atoms in total. The van der Waals surface area contributed by atoms with Crippen molar-refractivity contribution >= 4 is 23.1 Å². The van der Waals surface area contributed by atoms with E-state index in [9.17, 15) is 4.79 Å². The van der Waals surface area contributed by atoms with Gasteiger partial charge >= 0.3 is 5.97 Å². The number of benzene rings is 2. The molecule has 0 aromatic heterocycles. The molecule has 4 heteroatoms. The van der Waals surface area contributed by atoms with Crippen molar-refractivity contribution in [3.8, 4) is 0 Å². The van der Waals surface area contributed by atoms with E-state index in [1.165, 1.54) is 22.5 Å². The lowest BCUT2D eigenvalue weighted by atomic mass is 9.81. The van der Waals surface area contributed by atoms with Crippen molar-refractivity contribution in [3.05, 3.63) is 84.1 Å². The van der Waals surface area contributed by atoms with Crippen LogP contribution in [0.4, 0.5) is 11.4 Å². The molecule has 0 fully saturated rings. The van der Waals surface area contributed by atoms with E-state index in [4.69, 9.17) is 5.11 Å². The summed E-state index contributed by atoms with van der Waals surface area (Å²) in [4.78, 5) is 10.8. The highest BCUT2D eigenvalue weighted by molar-refractivity contribution is 6.03. The SMILES string of the molecule is Cc1ccc2c(c1)C(C)(C)C(/C=C/C=C/Nc1ccccc1)=[N+]2CCCCCC(=O)O. The van der Waals surface area contributed by atoms with Crippen molar-refractivity contribution in [1.29, 1.82) is 0 Å². The number of rotatable bonds is 10. The molecule has 0 spiro atoms. The Morgan fingerprint density at radius 1 is 1.06 bits per heavy atom. The highest BCUT2D eigenvalue weighted by Crippen LogP contribution is 2.40. The summed E-state index contributed by atoms with van der Waals surface area (Å²) < 4.78 is 2.41. The van der Waals surface area contributed by atoms with Crippen molar-refractivity contribution in [3.63, 3.8) is 0 Å². The van der Waals surface area contributed by atoms with Crippen LogP contribution >= 0.6 is 0 Å². The number of aryl methyl sites for hydroxylation is 1. The molecule has 31 heavy (non-hydrogen) atoms. The van der Waals surface area contributed by atoms with Gasteiger partial charge in [-0.3, -0.25) is 4.79 Å². The summed E-state index contributed by atoms with van der Waals surface area (Å²) in [6.07, 6.45) is 11.1. The van der Waals surface area contributed by atoms with Crippen molar-refractivity contribution in [2.45, 2.75) is 51.9 Å². The fraction of sp³-hybridized carbons (Fsp3) is 0.333. The van der Waals surface area contributed by atoms with Crippen LogP contribution in [-0.4, -0.2) is 27.9 Å². The Labute approximate surface area is 185 Å². The molecule has 2 N–H and O–H groups in total.